The maximum absolute atomic E-state index is 12.4. The van der Waals surface area contributed by atoms with Gasteiger partial charge in [0.25, 0.3) is 0 Å². The van der Waals surface area contributed by atoms with Crippen LogP contribution in [0.15, 0.2) is 36.4 Å². The Labute approximate surface area is 136 Å². The quantitative estimate of drug-likeness (QED) is 0.603. The lowest BCUT2D eigenvalue weighted by Gasteiger charge is -2.07. The van der Waals surface area contributed by atoms with Crippen molar-refractivity contribution in [1.82, 2.24) is 0 Å². The second-order valence-electron chi connectivity index (χ2n) is 4.93. The van der Waals surface area contributed by atoms with Gasteiger partial charge in [-0.1, -0.05) is 52.0 Å². The van der Waals surface area contributed by atoms with E-state index in [2.05, 4.69) is 13.8 Å². The minimum atomic E-state index is 0.0983. The van der Waals surface area contributed by atoms with E-state index < -0.39 is 0 Å². The van der Waals surface area contributed by atoms with Gasteiger partial charge >= 0.3 is 0 Å². The van der Waals surface area contributed by atoms with E-state index in [-0.39, 0.29) is 5.78 Å². The second-order valence-corrected chi connectivity index (χ2v) is 4.93. The number of hydrogen-bond donors (Lipinski definition) is 0. The van der Waals surface area contributed by atoms with E-state index in [1.54, 1.807) is 0 Å². The SMILES string of the molecule is CC.CC.Cc1ccc(C(=O)c2ccc(C)c(C)c2)cc1C. The summed E-state index contributed by atoms with van der Waals surface area (Å²) in [7, 11) is 0. The molecular weight excluding hydrogens is 268 g/mol. The molecule has 0 aliphatic carbocycles. The van der Waals surface area contributed by atoms with Gasteiger partial charge in [-0.15, -0.1) is 0 Å². The van der Waals surface area contributed by atoms with Gasteiger partial charge in [0.15, 0.2) is 5.78 Å². The molecule has 0 N–H and O–H groups in total. The van der Waals surface area contributed by atoms with Gasteiger partial charge in [-0.05, 0) is 62.1 Å². The summed E-state index contributed by atoms with van der Waals surface area (Å²) in [6.45, 7) is 16.2. The maximum Gasteiger partial charge on any atom is 0.193 e. The van der Waals surface area contributed by atoms with E-state index in [9.17, 15) is 4.79 Å². The van der Waals surface area contributed by atoms with Crippen LogP contribution in [-0.4, -0.2) is 5.78 Å². The molecule has 0 radical (unpaired) electrons. The van der Waals surface area contributed by atoms with Crippen LogP contribution in [0, 0.1) is 27.7 Å². The molecule has 2 rings (SSSR count). The van der Waals surface area contributed by atoms with Crippen LogP contribution >= 0.6 is 0 Å². The van der Waals surface area contributed by atoms with Crippen molar-refractivity contribution < 1.29 is 4.79 Å². The first-order valence-corrected chi connectivity index (χ1v) is 8.18. The Morgan fingerprint density at radius 3 is 1.18 bits per heavy atom. The van der Waals surface area contributed by atoms with Gasteiger partial charge in [0.2, 0.25) is 0 Å². The predicted octanol–water partition coefficient (Wildman–Crippen LogP) is 6.20. The van der Waals surface area contributed by atoms with Crippen LogP contribution in [-0.2, 0) is 0 Å². The van der Waals surface area contributed by atoms with Crippen molar-refractivity contribution in [3.63, 3.8) is 0 Å². The largest absolute Gasteiger partial charge is 0.289 e. The molecule has 0 heterocycles. The second kappa shape index (κ2) is 9.94. The fourth-order valence-corrected chi connectivity index (χ4v) is 1.93. The van der Waals surface area contributed by atoms with Crippen molar-refractivity contribution in [3.8, 4) is 0 Å². The first kappa shape index (κ1) is 20.1. The fourth-order valence-electron chi connectivity index (χ4n) is 1.93. The number of hydrogen-bond acceptors (Lipinski definition) is 1. The molecule has 0 saturated heterocycles. The molecule has 22 heavy (non-hydrogen) atoms. The molecule has 0 fully saturated rings. The average Bonchev–Trinajstić information content (AvgIpc) is 2.56. The molecule has 2 aromatic carbocycles. The Morgan fingerprint density at radius 2 is 0.909 bits per heavy atom. The number of ketones is 1. The van der Waals surface area contributed by atoms with Gasteiger partial charge in [0.1, 0.15) is 0 Å². The van der Waals surface area contributed by atoms with Crippen LogP contribution in [0.1, 0.15) is 65.9 Å². The number of rotatable bonds is 2. The van der Waals surface area contributed by atoms with E-state index in [0.717, 1.165) is 22.3 Å². The molecule has 0 unspecified atom stereocenters. The summed E-state index contributed by atoms with van der Waals surface area (Å²) in [5.74, 6) is 0.0983. The highest BCUT2D eigenvalue weighted by Crippen LogP contribution is 2.16. The van der Waals surface area contributed by atoms with Gasteiger partial charge in [0.05, 0.1) is 0 Å². The normalized spacial score (nSPS) is 9.09. The van der Waals surface area contributed by atoms with Crippen LogP contribution in [0.2, 0.25) is 0 Å². The third-order valence-corrected chi connectivity index (χ3v) is 3.54. The Bertz CT molecular complexity index is 556. The topological polar surface area (TPSA) is 17.1 Å². The first-order chi connectivity index (χ1) is 10.5. The lowest BCUT2D eigenvalue weighted by molar-refractivity contribution is 0.103. The third-order valence-electron chi connectivity index (χ3n) is 3.54. The Kier molecular flexibility index (Phi) is 9.09. The highest BCUT2D eigenvalue weighted by molar-refractivity contribution is 6.09. The molecule has 120 valence electrons. The van der Waals surface area contributed by atoms with Crippen molar-refractivity contribution >= 4 is 5.78 Å². The van der Waals surface area contributed by atoms with Crippen LogP contribution < -0.4 is 0 Å². The van der Waals surface area contributed by atoms with Crippen molar-refractivity contribution in [2.45, 2.75) is 55.4 Å². The molecule has 1 heteroatoms. The number of benzene rings is 2. The number of aryl methyl sites for hydroxylation is 4. The van der Waals surface area contributed by atoms with E-state index in [4.69, 9.17) is 0 Å². The summed E-state index contributed by atoms with van der Waals surface area (Å²) in [6.07, 6.45) is 0. The van der Waals surface area contributed by atoms with Crippen molar-refractivity contribution in [1.29, 1.82) is 0 Å². The zero-order valence-corrected chi connectivity index (χ0v) is 15.4. The van der Waals surface area contributed by atoms with E-state index in [0.29, 0.717) is 0 Å². The van der Waals surface area contributed by atoms with E-state index in [1.165, 1.54) is 11.1 Å². The summed E-state index contributed by atoms with van der Waals surface area (Å²) >= 11 is 0. The summed E-state index contributed by atoms with van der Waals surface area (Å²) < 4.78 is 0. The maximum atomic E-state index is 12.4. The van der Waals surface area contributed by atoms with Gasteiger partial charge in [-0.2, -0.15) is 0 Å². The Balaban J connectivity index is 0.00000102. The smallest absolute Gasteiger partial charge is 0.193 e. The van der Waals surface area contributed by atoms with E-state index >= 15 is 0 Å². The predicted molar refractivity (Wildman–Crippen MR) is 98.0 cm³/mol. The molecular formula is C21H30O. The standard InChI is InChI=1S/C17H18O.2C2H6/c1-11-5-7-15(9-13(11)3)17(18)16-8-6-12(2)14(4)10-16;2*1-2/h5-10H,1-4H3;2*1-2H3. The Morgan fingerprint density at radius 1 is 0.591 bits per heavy atom. The van der Waals surface area contributed by atoms with Crippen LogP contribution in [0.5, 0.6) is 0 Å². The summed E-state index contributed by atoms with van der Waals surface area (Å²) in [6, 6.07) is 11.7. The van der Waals surface area contributed by atoms with E-state index in [1.807, 2.05) is 77.9 Å². The van der Waals surface area contributed by atoms with Crippen molar-refractivity contribution in [2.75, 3.05) is 0 Å². The van der Waals surface area contributed by atoms with Gasteiger partial charge < -0.3 is 0 Å². The minimum Gasteiger partial charge on any atom is -0.289 e. The van der Waals surface area contributed by atoms with Gasteiger partial charge in [0, 0.05) is 11.1 Å². The summed E-state index contributed by atoms with van der Waals surface area (Å²) in [5, 5.41) is 0. The zero-order valence-electron chi connectivity index (χ0n) is 15.4. The molecule has 0 bridgehead atoms. The molecule has 0 amide bonds. The van der Waals surface area contributed by atoms with Gasteiger partial charge in [-0.25, -0.2) is 0 Å². The zero-order chi connectivity index (χ0) is 17.3. The van der Waals surface area contributed by atoms with Crippen LogP contribution in [0.3, 0.4) is 0 Å². The molecule has 1 nitrogen and oxygen atoms in total. The van der Waals surface area contributed by atoms with Crippen molar-refractivity contribution in [3.05, 3.63) is 69.8 Å². The fraction of sp³-hybridized carbons (Fsp3) is 0.381. The summed E-state index contributed by atoms with van der Waals surface area (Å²) in [5.41, 5.74) is 6.27. The molecule has 0 saturated carbocycles. The van der Waals surface area contributed by atoms with Gasteiger partial charge in [-0.3, -0.25) is 4.79 Å². The molecule has 0 aromatic heterocycles. The van der Waals surface area contributed by atoms with Crippen molar-refractivity contribution in [2.24, 2.45) is 0 Å². The number of carbonyl (C=O) groups is 1. The third kappa shape index (κ3) is 5.14. The summed E-state index contributed by atoms with van der Waals surface area (Å²) in [4.78, 5) is 12.4. The lowest BCUT2D eigenvalue weighted by Crippen LogP contribution is -2.03. The monoisotopic (exact) mass is 298 g/mol. The minimum absolute atomic E-state index is 0.0983. The molecule has 0 aliphatic rings. The van der Waals surface area contributed by atoms with Crippen LogP contribution in [0.25, 0.3) is 0 Å². The first-order valence-electron chi connectivity index (χ1n) is 8.18. The van der Waals surface area contributed by atoms with Crippen LogP contribution in [0.4, 0.5) is 0 Å². The Hall–Kier alpha value is -1.89. The number of carbonyl (C=O) groups excluding carboxylic acids is 1. The highest BCUT2D eigenvalue weighted by atomic mass is 16.1. The lowest BCUT2D eigenvalue weighted by atomic mass is 9.97. The highest BCUT2D eigenvalue weighted by Gasteiger charge is 2.10. The average molecular weight is 298 g/mol. The molecule has 0 atom stereocenters. The molecule has 2 aromatic rings. The molecule has 0 spiro atoms. The molecule has 0 aliphatic heterocycles.